The lowest BCUT2D eigenvalue weighted by atomic mass is 9.86. The van der Waals surface area contributed by atoms with Gasteiger partial charge in [-0.15, -0.1) is 0 Å². The molecular weight excluding hydrogens is 496 g/mol. The van der Waals surface area contributed by atoms with Gasteiger partial charge in [-0.3, -0.25) is 0 Å². The van der Waals surface area contributed by atoms with E-state index in [4.69, 9.17) is 0 Å². The Labute approximate surface area is 192 Å². The Morgan fingerprint density at radius 1 is 0.400 bits per heavy atom. The van der Waals surface area contributed by atoms with Gasteiger partial charge in [0.25, 0.3) is 0 Å². The van der Waals surface area contributed by atoms with Crippen LogP contribution in [-0.2, 0) is 0 Å². The predicted molar refractivity (Wildman–Crippen MR) is 134 cm³/mol. The molecule has 2 heteroatoms. The predicted octanol–water partition coefficient (Wildman–Crippen LogP) is 8.68. The van der Waals surface area contributed by atoms with Gasteiger partial charge in [0.1, 0.15) is 0 Å². The lowest BCUT2D eigenvalue weighted by molar-refractivity contribution is 1.51. The third-order valence-corrected chi connectivity index (χ3v) is 6.93. The van der Waals surface area contributed by atoms with Crippen molar-refractivity contribution in [3.8, 4) is 11.1 Å². The number of benzene rings is 4. The molecule has 0 amide bonds. The summed E-state index contributed by atoms with van der Waals surface area (Å²) in [6.45, 7) is 0. The maximum Gasteiger partial charge on any atom is 0.0181 e. The van der Waals surface area contributed by atoms with Crippen molar-refractivity contribution in [2.24, 2.45) is 0 Å². The maximum absolute atomic E-state index is 3.71. The first-order chi connectivity index (χ1) is 14.7. The topological polar surface area (TPSA) is 0 Å². The van der Waals surface area contributed by atoms with E-state index >= 15 is 0 Å². The van der Waals surface area contributed by atoms with Gasteiger partial charge in [0.05, 0.1) is 0 Å². The number of rotatable bonds is 0. The second-order valence-corrected chi connectivity index (χ2v) is 9.47. The highest BCUT2D eigenvalue weighted by Crippen LogP contribution is 2.51. The molecule has 6 rings (SSSR count). The molecule has 0 unspecified atom stereocenters. The highest BCUT2D eigenvalue weighted by atomic mass is 79.9. The van der Waals surface area contributed by atoms with Crippen LogP contribution in [-0.4, -0.2) is 0 Å². The van der Waals surface area contributed by atoms with Gasteiger partial charge in [-0.1, -0.05) is 105 Å². The van der Waals surface area contributed by atoms with E-state index < -0.39 is 0 Å². The molecule has 0 aliphatic heterocycles. The lowest BCUT2D eigenvalue weighted by Crippen LogP contribution is -1.97. The van der Waals surface area contributed by atoms with Crippen molar-refractivity contribution in [2.45, 2.75) is 0 Å². The molecule has 142 valence electrons. The fraction of sp³-hybridized carbons (Fsp3) is 0. The van der Waals surface area contributed by atoms with Gasteiger partial charge in [0.15, 0.2) is 0 Å². The van der Waals surface area contributed by atoms with Crippen LogP contribution in [0.25, 0.3) is 34.4 Å². The van der Waals surface area contributed by atoms with E-state index in [1.54, 1.807) is 0 Å². The maximum atomic E-state index is 3.71. The number of halogens is 2. The van der Waals surface area contributed by atoms with E-state index in [2.05, 4.69) is 129 Å². The summed E-state index contributed by atoms with van der Waals surface area (Å²) in [5, 5.41) is 0. The first kappa shape index (κ1) is 18.1. The normalized spacial score (nSPS) is 13.4. The fourth-order valence-electron chi connectivity index (χ4n) is 4.66. The quantitative estimate of drug-likeness (QED) is 0.191. The van der Waals surface area contributed by atoms with Crippen molar-refractivity contribution in [2.75, 3.05) is 0 Å². The fourth-order valence-corrected chi connectivity index (χ4v) is 5.39. The van der Waals surface area contributed by atoms with Crippen molar-refractivity contribution >= 4 is 55.2 Å². The van der Waals surface area contributed by atoms with Gasteiger partial charge < -0.3 is 0 Å². The third-order valence-electron chi connectivity index (χ3n) is 5.94. The summed E-state index contributed by atoms with van der Waals surface area (Å²) >= 11 is 7.42. The monoisotopic (exact) mass is 510 g/mol. The van der Waals surface area contributed by atoms with E-state index in [0.717, 1.165) is 8.95 Å². The van der Waals surface area contributed by atoms with E-state index in [-0.39, 0.29) is 0 Å². The molecule has 2 aliphatic carbocycles. The molecule has 0 atom stereocenters. The minimum absolute atomic E-state index is 1.10. The SMILES string of the molecule is Brc1ccc2c(c1)C(=C1c3ccccc3C=Cc3ccccc31)c1cc(Br)ccc1-2. The van der Waals surface area contributed by atoms with Crippen LogP contribution in [0.3, 0.4) is 0 Å². The van der Waals surface area contributed by atoms with Crippen molar-refractivity contribution in [1.29, 1.82) is 0 Å². The first-order valence-electron chi connectivity index (χ1n) is 9.92. The standard InChI is InChI=1S/C28H16Br2/c29-19-11-13-23-24-14-12-20(30)16-26(24)28(25(23)15-19)27-21-7-3-1-5-17(21)9-10-18-6-2-4-8-22(18)27/h1-16H. The van der Waals surface area contributed by atoms with Gasteiger partial charge in [-0.2, -0.15) is 0 Å². The summed E-state index contributed by atoms with van der Waals surface area (Å²) in [7, 11) is 0. The third kappa shape index (κ3) is 2.71. The second-order valence-electron chi connectivity index (χ2n) is 7.64. The Morgan fingerprint density at radius 2 is 0.833 bits per heavy atom. The molecule has 0 heterocycles. The van der Waals surface area contributed by atoms with Crippen LogP contribution >= 0.6 is 31.9 Å². The molecular formula is C28H16Br2. The minimum Gasteiger partial charge on any atom is -0.0616 e. The Kier molecular flexibility index (Phi) is 4.19. The van der Waals surface area contributed by atoms with E-state index in [9.17, 15) is 0 Å². The van der Waals surface area contributed by atoms with Crippen LogP contribution in [0.15, 0.2) is 93.9 Å². The molecule has 0 bridgehead atoms. The van der Waals surface area contributed by atoms with Crippen molar-refractivity contribution in [3.05, 3.63) is 127 Å². The molecule has 0 radical (unpaired) electrons. The summed E-state index contributed by atoms with van der Waals surface area (Å²) in [5.41, 5.74) is 12.8. The molecule has 30 heavy (non-hydrogen) atoms. The molecule has 0 aromatic heterocycles. The van der Waals surface area contributed by atoms with Crippen LogP contribution in [0.2, 0.25) is 0 Å². The Bertz CT molecular complexity index is 1300. The lowest BCUT2D eigenvalue weighted by Gasteiger charge is -2.17. The average Bonchev–Trinajstić information content (AvgIpc) is 2.96. The van der Waals surface area contributed by atoms with Gasteiger partial charge in [0.2, 0.25) is 0 Å². The van der Waals surface area contributed by atoms with Gasteiger partial charge in [-0.05, 0) is 79.9 Å². The van der Waals surface area contributed by atoms with Crippen molar-refractivity contribution < 1.29 is 0 Å². The summed E-state index contributed by atoms with van der Waals surface area (Å²) < 4.78 is 2.19. The summed E-state index contributed by atoms with van der Waals surface area (Å²) in [6, 6.07) is 30.7. The smallest absolute Gasteiger partial charge is 0.0181 e. The highest BCUT2D eigenvalue weighted by molar-refractivity contribution is 9.10. The zero-order valence-electron chi connectivity index (χ0n) is 16.0. The zero-order valence-corrected chi connectivity index (χ0v) is 19.2. The molecule has 2 aliphatic rings. The van der Waals surface area contributed by atoms with Crippen LogP contribution in [0.5, 0.6) is 0 Å². The zero-order chi connectivity index (χ0) is 20.2. The van der Waals surface area contributed by atoms with Crippen molar-refractivity contribution in [3.63, 3.8) is 0 Å². The molecule has 0 nitrogen and oxygen atoms in total. The molecule has 4 aromatic carbocycles. The largest absolute Gasteiger partial charge is 0.0616 e. The van der Waals surface area contributed by atoms with Crippen molar-refractivity contribution in [1.82, 2.24) is 0 Å². The molecule has 0 N–H and O–H groups in total. The average molecular weight is 512 g/mol. The van der Waals surface area contributed by atoms with Gasteiger partial charge >= 0.3 is 0 Å². The summed E-state index contributed by atoms with van der Waals surface area (Å²) in [5.74, 6) is 0. The van der Waals surface area contributed by atoms with E-state index in [1.165, 1.54) is 55.7 Å². The van der Waals surface area contributed by atoms with Gasteiger partial charge in [0, 0.05) is 8.95 Å². The number of fused-ring (bicyclic) bond motifs is 5. The molecule has 4 aromatic rings. The molecule has 0 saturated heterocycles. The molecule has 0 spiro atoms. The first-order valence-corrected chi connectivity index (χ1v) is 11.5. The van der Waals surface area contributed by atoms with E-state index in [0.29, 0.717) is 0 Å². The van der Waals surface area contributed by atoms with Gasteiger partial charge in [-0.25, -0.2) is 0 Å². The minimum atomic E-state index is 1.10. The number of hydrogen-bond donors (Lipinski definition) is 0. The highest BCUT2D eigenvalue weighted by Gasteiger charge is 2.29. The van der Waals surface area contributed by atoms with Crippen LogP contribution in [0.1, 0.15) is 33.4 Å². The summed E-state index contributed by atoms with van der Waals surface area (Å²) in [6.07, 6.45) is 4.47. The molecule has 0 saturated carbocycles. The molecule has 0 fully saturated rings. The Balaban J connectivity index is 1.83. The Hall–Kier alpha value is -2.68. The van der Waals surface area contributed by atoms with Crippen LogP contribution < -0.4 is 0 Å². The summed E-state index contributed by atoms with van der Waals surface area (Å²) in [4.78, 5) is 0. The van der Waals surface area contributed by atoms with Crippen LogP contribution in [0, 0.1) is 0 Å². The second kappa shape index (κ2) is 6.94. The van der Waals surface area contributed by atoms with E-state index in [1.807, 2.05) is 0 Å². The number of hydrogen-bond acceptors (Lipinski definition) is 0. The van der Waals surface area contributed by atoms with Crippen LogP contribution in [0.4, 0.5) is 0 Å². The Morgan fingerprint density at radius 3 is 1.33 bits per heavy atom.